The SMILES string of the molecule is CC(C)[C@H]1C(=O)N(S(C)(=O)=O)[C@H]2CCN(C(=O)c3cc(CN4CCCC4)on3)[C@H]12. The van der Waals surface area contributed by atoms with Crippen LogP contribution < -0.4 is 0 Å². The lowest BCUT2D eigenvalue weighted by molar-refractivity contribution is -0.129. The first-order valence-electron chi connectivity index (χ1n) is 10.2. The summed E-state index contributed by atoms with van der Waals surface area (Å²) in [7, 11) is -3.69. The summed E-state index contributed by atoms with van der Waals surface area (Å²) in [4.78, 5) is 29.9. The first kappa shape index (κ1) is 20.3. The number of hydrogen-bond acceptors (Lipinski definition) is 7. The monoisotopic (exact) mass is 424 g/mol. The standard InChI is InChI=1S/C19H28N4O5S/c1-12(2)16-17-15(23(19(16)25)29(3,26)27)6-9-22(17)18(24)14-10-13(28-20-14)11-21-7-4-5-8-21/h10,12,15-17H,4-9,11H2,1-3H3/t15-,16+,17-/m0/s1. The van der Waals surface area contributed by atoms with Crippen LogP contribution >= 0.6 is 0 Å². The van der Waals surface area contributed by atoms with Gasteiger partial charge in [-0.15, -0.1) is 0 Å². The molecule has 0 bridgehead atoms. The van der Waals surface area contributed by atoms with E-state index in [1.54, 1.807) is 11.0 Å². The normalized spacial score (nSPS) is 28.0. The molecular weight excluding hydrogens is 396 g/mol. The van der Waals surface area contributed by atoms with Crippen molar-refractivity contribution in [1.82, 2.24) is 19.3 Å². The van der Waals surface area contributed by atoms with Crippen LogP contribution in [0, 0.1) is 11.8 Å². The van der Waals surface area contributed by atoms with Crippen molar-refractivity contribution in [3.8, 4) is 0 Å². The Labute approximate surface area is 171 Å². The van der Waals surface area contributed by atoms with Crippen LogP contribution in [0.5, 0.6) is 0 Å². The van der Waals surface area contributed by atoms with Gasteiger partial charge in [0.15, 0.2) is 11.5 Å². The summed E-state index contributed by atoms with van der Waals surface area (Å²) < 4.78 is 30.9. The highest BCUT2D eigenvalue weighted by Gasteiger charge is 2.58. The van der Waals surface area contributed by atoms with Crippen molar-refractivity contribution >= 4 is 21.8 Å². The Kier molecular flexibility index (Phi) is 5.18. The third kappa shape index (κ3) is 3.56. The lowest BCUT2D eigenvalue weighted by Gasteiger charge is -2.28. The summed E-state index contributed by atoms with van der Waals surface area (Å²) in [6.07, 6.45) is 3.82. The van der Waals surface area contributed by atoms with Crippen LogP contribution in [0.25, 0.3) is 0 Å². The van der Waals surface area contributed by atoms with Crippen LogP contribution in [0.4, 0.5) is 0 Å². The molecule has 1 aromatic rings. The molecule has 0 N–H and O–H groups in total. The van der Waals surface area contributed by atoms with E-state index in [1.807, 2.05) is 13.8 Å². The molecule has 3 aliphatic rings. The Morgan fingerprint density at radius 2 is 1.97 bits per heavy atom. The van der Waals surface area contributed by atoms with Crippen molar-refractivity contribution in [2.75, 3.05) is 25.9 Å². The smallest absolute Gasteiger partial charge is 0.276 e. The fraction of sp³-hybridized carbons (Fsp3) is 0.737. The van der Waals surface area contributed by atoms with Gasteiger partial charge in [0.1, 0.15) is 0 Å². The van der Waals surface area contributed by atoms with Crippen LogP contribution in [0.2, 0.25) is 0 Å². The number of rotatable bonds is 5. The van der Waals surface area contributed by atoms with Gasteiger partial charge in [0.25, 0.3) is 5.91 Å². The molecule has 0 saturated carbocycles. The van der Waals surface area contributed by atoms with Crippen LogP contribution in [0.3, 0.4) is 0 Å². The Morgan fingerprint density at radius 1 is 1.28 bits per heavy atom. The van der Waals surface area contributed by atoms with Gasteiger partial charge in [-0.2, -0.15) is 0 Å². The number of hydrogen-bond donors (Lipinski definition) is 0. The molecule has 3 fully saturated rings. The topological polar surface area (TPSA) is 104 Å². The van der Waals surface area contributed by atoms with Gasteiger partial charge in [-0.05, 0) is 38.3 Å². The number of fused-ring (bicyclic) bond motifs is 1. The predicted molar refractivity (Wildman–Crippen MR) is 104 cm³/mol. The molecule has 9 nitrogen and oxygen atoms in total. The Hall–Kier alpha value is -1.94. The van der Waals surface area contributed by atoms with Gasteiger partial charge in [0.05, 0.1) is 30.8 Å². The molecule has 0 unspecified atom stereocenters. The van der Waals surface area contributed by atoms with Gasteiger partial charge >= 0.3 is 0 Å². The van der Waals surface area contributed by atoms with E-state index >= 15 is 0 Å². The number of carbonyl (C=O) groups is 2. The van der Waals surface area contributed by atoms with Crippen molar-refractivity contribution in [3.05, 3.63) is 17.5 Å². The van der Waals surface area contributed by atoms with E-state index in [1.165, 1.54) is 0 Å². The minimum absolute atomic E-state index is 0.0850. The summed E-state index contributed by atoms with van der Waals surface area (Å²) >= 11 is 0. The fourth-order valence-electron chi connectivity index (χ4n) is 5.07. The largest absolute Gasteiger partial charge is 0.359 e. The van der Waals surface area contributed by atoms with Gasteiger partial charge in [-0.25, -0.2) is 12.7 Å². The van der Waals surface area contributed by atoms with Crippen LogP contribution in [0.1, 0.15) is 49.4 Å². The summed E-state index contributed by atoms with van der Waals surface area (Å²) in [6, 6.07) is 0.692. The number of sulfonamides is 1. The number of nitrogens with zero attached hydrogens (tertiary/aromatic N) is 4. The second kappa shape index (κ2) is 7.39. The number of aromatic nitrogens is 1. The molecule has 0 radical (unpaired) electrons. The van der Waals surface area contributed by atoms with Gasteiger partial charge in [-0.1, -0.05) is 19.0 Å². The molecule has 1 aromatic heterocycles. The van der Waals surface area contributed by atoms with Gasteiger partial charge in [0, 0.05) is 12.6 Å². The van der Waals surface area contributed by atoms with Crippen molar-refractivity contribution in [1.29, 1.82) is 0 Å². The van der Waals surface area contributed by atoms with Crippen molar-refractivity contribution in [2.24, 2.45) is 11.8 Å². The Morgan fingerprint density at radius 3 is 2.59 bits per heavy atom. The zero-order valence-electron chi connectivity index (χ0n) is 17.1. The third-order valence-electron chi connectivity index (χ3n) is 6.28. The van der Waals surface area contributed by atoms with Gasteiger partial charge < -0.3 is 9.42 Å². The molecule has 0 aromatic carbocycles. The fourth-order valence-corrected chi connectivity index (χ4v) is 6.24. The van der Waals surface area contributed by atoms with E-state index in [9.17, 15) is 18.0 Å². The quantitative estimate of drug-likeness (QED) is 0.692. The Bertz CT molecular complexity index is 905. The van der Waals surface area contributed by atoms with E-state index in [0.29, 0.717) is 25.3 Å². The van der Waals surface area contributed by atoms with E-state index in [4.69, 9.17) is 4.52 Å². The highest BCUT2D eigenvalue weighted by Crippen LogP contribution is 2.41. The number of likely N-dealkylation sites (tertiary alicyclic amines) is 2. The number of carbonyl (C=O) groups excluding carboxylic acids is 2. The molecule has 2 amide bonds. The summed E-state index contributed by atoms with van der Waals surface area (Å²) in [5, 5.41) is 3.96. The maximum Gasteiger partial charge on any atom is 0.276 e. The molecule has 3 atom stereocenters. The highest BCUT2D eigenvalue weighted by molar-refractivity contribution is 7.88. The average Bonchev–Trinajstić information content (AvgIpc) is 3.37. The van der Waals surface area contributed by atoms with Crippen LogP contribution in [-0.2, 0) is 21.4 Å². The molecule has 4 rings (SSSR count). The molecule has 3 aliphatic heterocycles. The summed E-state index contributed by atoms with van der Waals surface area (Å²) in [5.74, 6) is -0.699. The van der Waals surface area contributed by atoms with Crippen molar-refractivity contribution in [2.45, 2.75) is 51.7 Å². The van der Waals surface area contributed by atoms with E-state index in [-0.39, 0.29) is 17.5 Å². The second-order valence-electron chi connectivity index (χ2n) is 8.67. The highest BCUT2D eigenvalue weighted by atomic mass is 32.2. The predicted octanol–water partition coefficient (Wildman–Crippen LogP) is 0.928. The third-order valence-corrected chi connectivity index (χ3v) is 7.45. The number of amides is 2. The van der Waals surface area contributed by atoms with Gasteiger partial charge in [-0.3, -0.25) is 14.5 Å². The lowest BCUT2D eigenvalue weighted by atomic mass is 9.88. The Balaban J connectivity index is 1.57. The van der Waals surface area contributed by atoms with Crippen molar-refractivity contribution in [3.63, 3.8) is 0 Å². The first-order chi connectivity index (χ1) is 13.7. The van der Waals surface area contributed by atoms with Crippen LogP contribution in [0.15, 0.2) is 10.6 Å². The zero-order chi connectivity index (χ0) is 20.9. The van der Waals surface area contributed by atoms with E-state index < -0.39 is 33.9 Å². The molecular formula is C19H28N4O5S. The molecule has 160 valence electrons. The lowest BCUT2D eigenvalue weighted by Crippen LogP contribution is -2.44. The summed E-state index contributed by atoms with van der Waals surface area (Å²) in [5.41, 5.74) is 0.215. The van der Waals surface area contributed by atoms with Gasteiger partial charge in [0.2, 0.25) is 15.9 Å². The van der Waals surface area contributed by atoms with E-state index in [2.05, 4.69) is 10.1 Å². The zero-order valence-corrected chi connectivity index (χ0v) is 17.9. The minimum atomic E-state index is -3.69. The maximum absolute atomic E-state index is 13.2. The van der Waals surface area contributed by atoms with E-state index in [0.717, 1.165) is 36.5 Å². The summed E-state index contributed by atoms with van der Waals surface area (Å²) in [6.45, 7) is 6.82. The van der Waals surface area contributed by atoms with Crippen molar-refractivity contribution < 1.29 is 22.5 Å². The molecule has 0 spiro atoms. The van der Waals surface area contributed by atoms with Crippen LogP contribution in [-0.4, -0.2) is 77.5 Å². The average molecular weight is 425 g/mol. The molecule has 29 heavy (non-hydrogen) atoms. The second-order valence-corrected chi connectivity index (χ2v) is 10.5. The maximum atomic E-state index is 13.2. The first-order valence-corrected chi connectivity index (χ1v) is 12.1. The molecule has 4 heterocycles. The molecule has 10 heteroatoms. The molecule has 0 aliphatic carbocycles. The molecule has 3 saturated heterocycles. The minimum Gasteiger partial charge on any atom is -0.359 e.